The highest BCUT2D eigenvalue weighted by Crippen LogP contribution is 2.49. The lowest BCUT2D eigenvalue weighted by molar-refractivity contribution is 0.100. The zero-order chi connectivity index (χ0) is 30.1. The van der Waals surface area contributed by atoms with Crippen molar-refractivity contribution in [1.82, 2.24) is 9.97 Å². The maximum absolute atomic E-state index is 11.5. The molecule has 222 valence electrons. The number of anilines is 1. The van der Waals surface area contributed by atoms with E-state index in [0.717, 1.165) is 54.1 Å². The summed E-state index contributed by atoms with van der Waals surface area (Å²) in [5.41, 5.74) is 6.58. The summed E-state index contributed by atoms with van der Waals surface area (Å²) in [4.78, 5) is 19.8. The van der Waals surface area contributed by atoms with Crippen molar-refractivity contribution < 1.29 is 19.0 Å². The molecule has 0 bridgehead atoms. The van der Waals surface area contributed by atoms with Gasteiger partial charge in [-0.25, -0.2) is 9.97 Å². The van der Waals surface area contributed by atoms with E-state index < -0.39 is 0 Å². The lowest BCUT2D eigenvalue weighted by atomic mass is 9.60. The van der Waals surface area contributed by atoms with Crippen molar-refractivity contribution in [2.45, 2.75) is 51.2 Å². The van der Waals surface area contributed by atoms with Crippen LogP contribution in [-0.4, -0.2) is 36.0 Å². The van der Waals surface area contributed by atoms with E-state index in [1.165, 1.54) is 24.5 Å². The molecule has 3 aromatic carbocycles. The Morgan fingerprint density at radius 2 is 1.65 bits per heavy atom. The maximum atomic E-state index is 11.5. The van der Waals surface area contributed by atoms with E-state index in [4.69, 9.17) is 14.2 Å². The van der Waals surface area contributed by atoms with Crippen LogP contribution >= 0.6 is 0 Å². The normalized spacial score (nSPS) is 13.5. The van der Waals surface area contributed by atoms with Crippen molar-refractivity contribution in [3.05, 3.63) is 119 Å². The Labute approximate surface area is 254 Å². The molecular formula is C36H39N3O4. The molecular weight excluding hydrogens is 538 g/mol. The Morgan fingerprint density at radius 1 is 0.953 bits per heavy atom. The number of Topliss-reactive ketones (excluding diaryl/α,β-unsaturated/α-hetero) is 1. The molecule has 7 nitrogen and oxygen atoms in total. The number of carbonyl (C=O) groups is 1. The highest BCUT2D eigenvalue weighted by atomic mass is 16.5. The van der Waals surface area contributed by atoms with E-state index in [1.807, 2.05) is 18.2 Å². The number of ketones is 1. The summed E-state index contributed by atoms with van der Waals surface area (Å²) in [5, 5.41) is 3.47. The molecule has 0 saturated heterocycles. The minimum absolute atomic E-state index is 0.0209. The van der Waals surface area contributed by atoms with Crippen molar-refractivity contribution in [3.63, 3.8) is 0 Å². The van der Waals surface area contributed by atoms with E-state index in [9.17, 15) is 4.79 Å². The van der Waals surface area contributed by atoms with Gasteiger partial charge in [-0.15, -0.1) is 0 Å². The van der Waals surface area contributed by atoms with Crippen molar-refractivity contribution in [1.29, 1.82) is 0 Å². The number of methoxy groups -OCH3 is 1. The molecule has 0 unspecified atom stereocenters. The summed E-state index contributed by atoms with van der Waals surface area (Å²) >= 11 is 0. The molecule has 7 heteroatoms. The fourth-order valence-corrected chi connectivity index (χ4v) is 5.49. The van der Waals surface area contributed by atoms with Gasteiger partial charge in [0.2, 0.25) is 0 Å². The molecule has 1 saturated carbocycles. The van der Waals surface area contributed by atoms with Crippen LogP contribution in [0.5, 0.6) is 11.5 Å². The number of benzene rings is 3. The Morgan fingerprint density at radius 3 is 2.26 bits per heavy atom. The standard InChI is InChI=1S/C36H39N3O4/c1-4-27-23-31(12-7-28(27)24-41-3)37-20-6-22-42-33-13-8-29(9-14-33)36(18-5-19-36)30-10-15-34(16-11-30)43-25-32-17-21-38-35(39-32)26(2)40/h4,7-17,21,23,37H,1,5-6,18-20,22,24-25H2,2-3H3. The molecule has 1 aliphatic carbocycles. The minimum atomic E-state index is -0.159. The quantitative estimate of drug-likeness (QED) is 0.116. The van der Waals surface area contributed by atoms with Gasteiger partial charge in [-0.3, -0.25) is 4.79 Å². The van der Waals surface area contributed by atoms with E-state index in [1.54, 1.807) is 19.4 Å². The smallest absolute Gasteiger partial charge is 0.196 e. The molecule has 1 fully saturated rings. The molecule has 1 aromatic heterocycles. The van der Waals surface area contributed by atoms with Crippen molar-refractivity contribution >= 4 is 17.5 Å². The minimum Gasteiger partial charge on any atom is -0.494 e. The number of hydrogen-bond donors (Lipinski definition) is 1. The van der Waals surface area contributed by atoms with Gasteiger partial charge in [-0.05, 0) is 84.0 Å². The molecule has 4 aromatic rings. The third-order valence-corrected chi connectivity index (χ3v) is 8.02. The molecule has 1 aliphatic rings. The molecule has 0 aliphatic heterocycles. The zero-order valence-electron chi connectivity index (χ0n) is 25.0. The van der Waals surface area contributed by atoms with Gasteiger partial charge in [0.1, 0.15) is 18.1 Å². The fraction of sp³-hybridized carbons (Fsp3) is 0.306. The summed E-state index contributed by atoms with van der Waals surface area (Å²) < 4.78 is 17.2. The SMILES string of the molecule is C=Cc1cc(NCCCOc2ccc(C3(c4ccc(OCc5ccnc(C(C)=O)n5)cc4)CCC3)cc2)ccc1COC. The highest BCUT2D eigenvalue weighted by Gasteiger charge is 2.40. The van der Waals surface area contributed by atoms with Gasteiger partial charge in [0.25, 0.3) is 0 Å². The number of aromatic nitrogens is 2. The first-order valence-electron chi connectivity index (χ1n) is 14.8. The average molecular weight is 578 g/mol. The van der Waals surface area contributed by atoms with Gasteiger partial charge in [0.15, 0.2) is 11.6 Å². The van der Waals surface area contributed by atoms with Crippen molar-refractivity contribution in [3.8, 4) is 11.5 Å². The number of hydrogen-bond acceptors (Lipinski definition) is 7. The lowest BCUT2D eigenvalue weighted by Gasteiger charge is -2.43. The molecule has 0 amide bonds. The van der Waals surface area contributed by atoms with Crippen LogP contribution in [0.4, 0.5) is 5.69 Å². The zero-order valence-corrected chi connectivity index (χ0v) is 25.0. The molecule has 43 heavy (non-hydrogen) atoms. The summed E-state index contributed by atoms with van der Waals surface area (Å²) in [6.45, 7) is 7.69. The molecule has 0 atom stereocenters. The molecule has 1 heterocycles. The van der Waals surface area contributed by atoms with Gasteiger partial charge in [-0.2, -0.15) is 0 Å². The van der Waals surface area contributed by atoms with Crippen LogP contribution in [0.25, 0.3) is 6.08 Å². The van der Waals surface area contributed by atoms with E-state index in [0.29, 0.717) is 18.9 Å². The summed E-state index contributed by atoms with van der Waals surface area (Å²) in [6.07, 6.45) is 7.78. The highest BCUT2D eigenvalue weighted by molar-refractivity contribution is 5.90. The van der Waals surface area contributed by atoms with Crippen LogP contribution in [0, 0.1) is 0 Å². The fourth-order valence-electron chi connectivity index (χ4n) is 5.49. The summed E-state index contributed by atoms with van der Waals surface area (Å²) in [6, 6.07) is 24.9. The second-order valence-electron chi connectivity index (χ2n) is 10.9. The van der Waals surface area contributed by atoms with Crippen LogP contribution in [-0.2, 0) is 23.4 Å². The second-order valence-corrected chi connectivity index (χ2v) is 10.9. The molecule has 5 rings (SSSR count). The number of carbonyl (C=O) groups excluding carboxylic acids is 1. The predicted molar refractivity (Wildman–Crippen MR) is 170 cm³/mol. The van der Waals surface area contributed by atoms with Gasteiger partial charge >= 0.3 is 0 Å². The monoisotopic (exact) mass is 577 g/mol. The van der Waals surface area contributed by atoms with Crippen LogP contribution in [0.1, 0.15) is 71.2 Å². The Balaban J connectivity index is 1.12. The average Bonchev–Trinajstić information content (AvgIpc) is 3.01. The Hall–Kier alpha value is -4.49. The van der Waals surface area contributed by atoms with Gasteiger partial charge in [-0.1, -0.05) is 49.4 Å². The third kappa shape index (κ3) is 7.30. The third-order valence-electron chi connectivity index (χ3n) is 8.02. The predicted octanol–water partition coefficient (Wildman–Crippen LogP) is 7.40. The summed E-state index contributed by atoms with van der Waals surface area (Å²) in [7, 11) is 1.70. The van der Waals surface area contributed by atoms with E-state index in [2.05, 4.69) is 76.5 Å². The Kier molecular flexibility index (Phi) is 9.84. The van der Waals surface area contributed by atoms with Crippen LogP contribution in [0.2, 0.25) is 0 Å². The Bertz CT molecular complexity index is 1530. The van der Waals surface area contributed by atoms with Gasteiger partial charge in [0.05, 0.1) is 18.9 Å². The first-order chi connectivity index (χ1) is 21.0. The second kappa shape index (κ2) is 14.1. The van der Waals surface area contributed by atoms with Gasteiger partial charge in [0, 0.05) is 37.9 Å². The largest absolute Gasteiger partial charge is 0.494 e. The van der Waals surface area contributed by atoms with Crippen molar-refractivity contribution in [2.24, 2.45) is 0 Å². The summed E-state index contributed by atoms with van der Waals surface area (Å²) in [5.74, 6) is 1.70. The van der Waals surface area contributed by atoms with E-state index in [-0.39, 0.29) is 23.6 Å². The lowest BCUT2D eigenvalue weighted by Crippen LogP contribution is -2.35. The molecule has 0 radical (unpaired) electrons. The van der Waals surface area contributed by atoms with Crippen LogP contribution in [0.3, 0.4) is 0 Å². The molecule has 0 spiro atoms. The van der Waals surface area contributed by atoms with Crippen LogP contribution in [0.15, 0.2) is 85.6 Å². The number of nitrogens with one attached hydrogen (secondary N) is 1. The maximum Gasteiger partial charge on any atom is 0.196 e. The van der Waals surface area contributed by atoms with Crippen molar-refractivity contribution in [2.75, 3.05) is 25.6 Å². The first kappa shape index (κ1) is 30.0. The van der Waals surface area contributed by atoms with Crippen LogP contribution < -0.4 is 14.8 Å². The number of ether oxygens (including phenoxy) is 3. The first-order valence-corrected chi connectivity index (χ1v) is 14.8. The number of nitrogens with zero attached hydrogens (tertiary/aromatic N) is 2. The topological polar surface area (TPSA) is 82.6 Å². The molecule has 1 N–H and O–H groups in total. The van der Waals surface area contributed by atoms with Gasteiger partial charge < -0.3 is 19.5 Å². The van der Waals surface area contributed by atoms with E-state index >= 15 is 0 Å². The number of rotatable bonds is 15.